The maximum absolute atomic E-state index is 14.1. The van der Waals surface area contributed by atoms with Gasteiger partial charge in [0.2, 0.25) is 0 Å². The van der Waals surface area contributed by atoms with Gasteiger partial charge in [-0.05, 0) is 34.5 Å². The molecule has 1 heterocycles. The molecule has 0 spiro atoms. The third-order valence-electron chi connectivity index (χ3n) is 3.95. The molecule has 0 bridgehead atoms. The molecule has 0 aliphatic heterocycles. The quantitative estimate of drug-likeness (QED) is 0.587. The zero-order valence-corrected chi connectivity index (χ0v) is 11.8. The van der Waals surface area contributed by atoms with Crippen LogP contribution < -0.4 is 5.73 Å². The minimum absolute atomic E-state index is 0.301. The van der Waals surface area contributed by atoms with Crippen molar-refractivity contribution < 1.29 is 4.39 Å². The fourth-order valence-corrected chi connectivity index (χ4v) is 2.81. The van der Waals surface area contributed by atoms with E-state index in [-0.39, 0.29) is 5.82 Å². The Balaban J connectivity index is 1.97. The van der Waals surface area contributed by atoms with Gasteiger partial charge in [-0.3, -0.25) is 5.10 Å². The number of hydrogen-bond donors (Lipinski definition) is 2. The smallest absolute Gasteiger partial charge is 0.151 e. The molecule has 0 unspecified atom stereocenters. The Bertz CT molecular complexity index is 988. The van der Waals surface area contributed by atoms with Crippen molar-refractivity contribution in [3.63, 3.8) is 0 Å². The molecule has 0 atom stereocenters. The molecule has 1 aromatic heterocycles. The van der Waals surface area contributed by atoms with Crippen molar-refractivity contribution in [2.24, 2.45) is 5.73 Å². The maximum atomic E-state index is 14.1. The second-order valence-electron chi connectivity index (χ2n) is 5.34. The van der Waals surface area contributed by atoms with E-state index in [0.29, 0.717) is 12.1 Å². The second kappa shape index (κ2) is 4.93. The first kappa shape index (κ1) is 13.0. The molecule has 4 aromatic rings. The molecule has 108 valence electrons. The van der Waals surface area contributed by atoms with Crippen LogP contribution in [0.5, 0.6) is 0 Å². The number of H-pyrrole nitrogens is 1. The number of benzene rings is 3. The zero-order valence-electron chi connectivity index (χ0n) is 11.8. The van der Waals surface area contributed by atoms with Crippen molar-refractivity contribution in [2.75, 3.05) is 0 Å². The first-order chi connectivity index (χ1) is 10.8. The summed E-state index contributed by atoms with van der Waals surface area (Å²) in [6.45, 7) is 0.301. The van der Waals surface area contributed by atoms with Crippen LogP contribution in [-0.2, 0) is 6.54 Å². The summed E-state index contributed by atoms with van der Waals surface area (Å²) in [7, 11) is 0. The lowest BCUT2D eigenvalue weighted by Crippen LogP contribution is -1.96. The van der Waals surface area contributed by atoms with E-state index in [0.717, 1.165) is 27.6 Å². The van der Waals surface area contributed by atoms with Crippen LogP contribution in [0.4, 0.5) is 4.39 Å². The zero-order chi connectivity index (χ0) is 15.1. The summed E-state index contributed by atoms with van der Waals surface area (Å²) in [6, 6.07) is 17.6. The molecular weight excluding hydrogens is 277 g/mol. The van der Waals surface area contributed by atoms with Gasteiger partial charge in [-0.15, -0.1) is 0 Å². The summed E-state index contributed by atoms with van der Waals surface area (Å²) in [4.78, 5) is 0. The van der Waals surface area contributed by atoms with Gasteiger partial charge in [0, 0.05) is 17.5 Å². The molecule has 3 N–H and O–H groups in total. The first-order valence-corrected chi connectivity index (χ1v) is 7.12. The average Bonchev–Trinajstić information content (AvgIpc) is 2.98. The van der Waals surface area contributed by atoms with Gasteiger partial charge in [0.15, 0.2) is 5.82 Å². The van der Waals surface area contributed by atoms with Crippen LogP contribution in [0.3, 0.4) is 0 Å². The highest BCUT2D eigenvalue weighted by atomic mass is 19.1. The molecule has 0 amide bonds. The van der Waals surface area contributed by atoms with Crippen LogP contribution >= 0.6 is 0 Å². The van der Waals surface area contributed by atoms with E-state index in [1.165, 1.54) is 11.5 Å². The normalized spacial score (nSPS) is 11.4. The topological polar surface area (TPSA) is 54.7 Å². The Morgan fingerprint density at radius 2 is 1.82 bits per heavy atom. The van der Waals surface area contributed by atoms with Gasteiger partial charge in [-0.1, -0.05) is 36.4 Å². The van der Waals surface area contributed by atoms with Crippen molar-refractivity contribution in [1.29, 1.82) is 0 Å². The summed E-state index contributed by atoms with van der Waals surface area (Å²) in [5.41, 5.74) is 8.55. The van der Waals surface area contributed by atoms with Crippen LogP contribution in [0.2, 0.25) is 0 Å². The van der Waals surface area contributed by atoms with Gasteiger partial charge in [0.1, 0.15) is 5.52 Å². The number of fused-ring (bicyclic) bond motifs is 2. The largest absolute Gasteiger partial charge is 0.326 e. The Morgan fingerprint density at radius 3 is 2.64 bits per heavy atom. The van der Waals surface area contributed by atoms with Crippen molar-refractivity contribution in [3.8, 4) is 11.3 Å². The van der Waals surface area contributed by atoms with Crippen molar-refractivity contribution in [1.82, 2.24) is 10.2 Å². The van der Waals surface area contributed by atoms with Crippen molar-refractivity contribution >= 4 is 21.7 Å². The Morgan fingerprint density at radius 1 is 1.00 bits per heavy atom. The highest BCUT2D eigenvalue weighted by Gasteiger charge is 2.13. The summed E-state index contributed by atoms with van der Waals surface area (Å²) in [6.07, 6.45) is 0. The Hall–Kier alpha value is -2.72. The fourth-order valence-electron chi connectivity index (χ4n) is 2.81. The van der Waals surface area contributed by atoms with Crippen molar-refractivity contribution in [2.45, 2.75) is 6.54 Å². The number of nitrogens with one attached hydrogen (secondary N) is 1. The number of rotatable bonds is 2. The van der Waals surface area contributed by atoms with E-state index in [9.17, 15) is 4.39 Å². The van der Waals surface area contributed by atoms with E-state index in [1.54, 1.807) is 0 Å². The lowest BCUT2D eigenvalue weighted by molar-refractivity contribution is 0.634. The highest BCUT2D eigenvalue weighted by molar-refractivity contribution is 5.96. The average molecular weight is 291 g/mol. The van der Waals surface area contributed by atoms with Crippen LogP contribution in [0.15, 0.2) is 54.6 Å². The predicted octanol–water partition coefficient (Wildman–Crippen LogP) is 3.98. The molecule has 3 nitrogen and oxygen atoms in total. The van der Waals surface area contributed by atoms with E-state index < -0.39 is 0 Å². The van der Waals surface area contributed by atoms with Crippen LogP contribution in [0, 0.1) is 5.82 Å². The molecule has 0 fully saturated rings. The fraction of sp³-hybridized carbons (Fsp3) is 0.0556. The summed E-state index contributed by atoms with van der Waals surface area (Å²) in [5, 5.41) is 10.1. The molecular formula is C18H14FN3. The third-order valence-corrected chi connectivity index (χ3v) is 3.95. The molecule has 0 aliphatic carbocycles. The number of hydrogen-bond acceptors (Lipinski definition) is 2. The van der Waals surface area contributed by atoms with Gasteiger partial charge in [-0.25, -0.2) is 4.39 Å². The Kier molecular flexibility index (Phi) is 2.91. The van der Waals surface area contributed by atoms with Crippen LogP contribution in [0.1, 0.15) is 5.56 Å². The van der Waals surface area contributed by atoms with E-state index >= 15 is 0 Å². The van der Waals surface area contributed by atoms with E-state index in [2.05, 4.69) is 34.5 Å². The number of aromatic nitrogens is 2. The summed E-state index contributed by atoms with van der Waals surface area (Å²) in [5.74, 6) is -0.346. The van der Waals surface area contributed by atoms with Crippen LogP contribution in [-0.4, -0.2) is 10.2 Å². The van der Waals surface area contributed by atoms with Gasteiger partial charge in [0.25, 0.3) is 0 Å². The van der Waals surface area contributed by atoms with Crippen LogP contribution in [0.25, 0.3) is 32.9 Å². The van der Waals surface area contributed by atoms with E-state index in [4.69, 9.17) is 5.73 Å². The van der Waals surface area contributed by atoms with Crippen molar-refractivity contribution in [3.05, 3.63) is 66.0 Å². The van der Waals surface area contributed by atoms with Gasteiger partial charge in [-0.2, -0.15) is 5.10 Å². The molecule has 0 aliphatic rings. The molecule has 3 aromatic carbocycles. The minimum atomic E-state index is -0.346. The molecule has 22 heavy (non-hydrogen) atoms. The monoisotopic (exact) mass is 291 g/mol. The van der Waals surface area contributed by atoms with Gasteiger partial charge in [0.05, 0.1) is 5.69 Å². The van der Waals surface area contributed by atoms with E-state index in [1.807, 2.05) is 24.3 Å². The summed E-state index contributed by atoms with van der Waals surface area (Å²) < 4.78 is 14.1. The number of aromatic amines is 1. The third kappa shape index (κ3) is 1.96. The molecule has 4 heteroatoms. The number of nitrogens with two attached hydrogens (primary N) is 1. The lowest BCUT2D eigenvalue weighted by Gasteiger charge is -2.04. The summed E-state index contributed by atoms with van der Waals surface area (Å²) >= 11 is 0. The predicted molar refractivity (Wildman–Crippen MR) is 86.9 cm³/mol. The maximum Gasteiger partial charge on any atom is 0.151 e. The molecule has 0 saturated carbocycles. The Labute approximate surface area is 126 Å². The molecule has 4 rings (SSSR count). The standard InChI is InChI=1S/C18H14FN3/c19-16-8-11(10-20)7-15-17(21-22-18(15)16)14-6-5-12-3-1-2-4-13(12)9-14/h1-9H,10,20H2,(H,21,22). The SMILES string of the molecule is NCc1cc(F)c2n[nH]c(-c3ccc4ccccc4c3)c2c1. The first-order valence-electron chi connectivity index (χ1n) is 7.12. The second-order valence-corrected chi connectivity index (χ2v) is 5.34. The molecule has 0 radical (unpaired) electrons. The number of nitrogens with zero attached hydrogens (tertiary/aromatic N) is 1. The number of halogens is 1. The molecule has 0 saturated heterocycles. The van der Waals surface area contributed by atoms with Gasteiger partial charge < -0.3 is 5.73 Å². The highest BCUT2D eigenvalue weighted by Crippen LogP contribution is 2.30. The van der Waals surface area contributed by atoms with Gasteiger partial charge >= 0.3 is 0 Å². The lowest BCUT2D eigenvalue weighted by atomic mass is 10.0. The minimum Gasteiger partial charge on any atom is -0.326 e.